The van der Waals surface area contributed by atoms with Crippen molar-refractivity contribution in [1.29, 1.82) is 0 Å². The maximum Gasteiger partial charge on any atom is 0.412 e. The lowest BCUT2D eigenvalue weighted by Gasteiger charge is -2.20. The molecule has 1 N–H and O–H groups in total. The van der Waals surface area contributed by atoms with E-state index >= 15 is 0 Å². The molecule has 0 atom stereocenters. The second-order valence-corrected chi connectivity index (χ2v) is 8.00. The molecule has 1 amide bonds. The Morgan fingerprint density at radius 3 is 2.58 bits per heavy atom. The minimum atomic E-state index is -0.409. The van der Waals surface area contributed by atoms with Crippen molar-refractivity contribution >= 4 is 11.8 Å². The van der Waals surface area contributed by atoms with Gasteiger partial charge in [-0.05, 0) is 37.1 Å². The first-order valence-corrected chi connectivity index (χ1v) is 10.6. The van der Waals surface area contributed by atoms with Crippen LogP contribution in [-0.4, -0.2) is 41.4 Å². The largest absolute Gasteiger partial charge is 0.423 e. The Hall–Kier alpha value is -3.42. The summed E-state index contributed by atoms with van der Waals surface area (Å²) in [6.07, 6.45) is 11.1. The maximum atomic E-state index is 12.5. The Balaban J connectivity index is 1.57. The number of carbonyl (C=O) groups is 1. The average Bonchev–Trinajstić information content (AvgIpc) is 3.19. The van der Waals surface area contributed by atoms with E-state index in [1.54, 1.807) is 18.5 Å². The third-order valence-electron chi connectivity index (χ3n) is 5.49. The lowest BCUT2D eigenvalue weighted by Crippen LogP contribution is -2.36. The van der Waals surface area contributed by atoms with Gasteiger partial charge in [-0.25, -0.2) is 4.79 Å². The van der Waals surface area contributed by atoms with E-state index in [2.05, 4.69) is 20.5 Å². The number of ether oxygens (including phenoxy) is 1. The molecule has 8 heteroatoms. The summed E-state index contributed by atoms with van der Waals surface area (Å²) < 4.78 is 10.9. The molecule has 0 bridgehead atoms. The molecule has 0 unspecified atom stereocenters. The summed E-state index contributed by atoms with van der Waals surface area (Å²) in [5.74, 6) is 0.880. The van der Waals surface area contributed by atoms with Crippen molar-refractivity contribution in [3.8, 4) is 28.3 Å². The number of nitrogens with zero attached hydrogens (tertiary/aromatic N) is 4. The van der Waals surface area contributed by atoms with Crippen molar-refractivity contribution in [3.05, 3.63) is 43.1 Å². The van der Waals surface area contributed by atoms with Crippen molar-refractivity contribution in [3.63, 3.8) is 0 Å². The monoisotopic (exact) mass is 421 g/mol. The zero-order valence-corrected chi connectivity index (χ0v) is 17.9. The number of hydrogen-bond acceptors (Lipinski definition) is 7. The van der Waals surface area contributed by atoms with E-state index in [1.807, 2.05) is 37.2 Å². The molecule has 3 aromatic rings. The molecular formula is C23H27N5O3. The second kappa shape index (κ2) is 9.59. The Morgan fingerprint density at radius 1 is 1.10 bits per heavy atom. The molecule has 8 nitrogen and oxygen atoms in total. The normalized spacial score (nSPS) is 14.6. The van der Waals surface area contributed by atoms with E-state index in [4.69, 9.17) is 9.15 Å². The van der Waals surface area contributed by atoms with Crippen LogP contribution in [0.15, 0.2) is 47.5 Å². The predicted octanol–water partition coefficient (Wildman–Crippen LogP) is 4.68. The fourth-order valence-electron chi connectivity index (χ4n) is 3.93. The summed E-state index contributed by atoms with van der Waals surface area (Å²) >= 11 is 0. The number of carbonyl (C=O) groups excluding carboxylic acids is 1. The van der Waals surface area contributed by atoms with Crippen LogP contribution in [0, 0.1) is 0 Å². The van der Waals surface area contributed by atoms with Gasteiger partial charge in [0, 0.05) is 49.3 Å². The Bertz CT molecular complexity index is 1010. The number of pyridine rings is 1. The molecule has 4 rings (SSSR count). The van der Waals surface area contributed by atoms with Crippen molar-refractivity contribution < 1.29 is 13.9 Å². The number of aromatic nitrogens is 3. The summed E-state index contributed by atoms with van der Waals surface area (Å²) in [6.45, 7) is 0. The van der Waals surface area contributed by atoms with Gasteiger partial charge in [-0.3, -0.25) is 4.98 Å². The molecule has 2 heterocycles. The standard InChI is InChI=1S/C23H27N5O3/c1-28(2)21-10-9-19(31-23(29)26-18-7-5-3-4-6-8-18)12-20(21)16-11-17(14-24-13-16)22-27-25-15-30-22/h9-15,18H,3-8H2,1-2H3,(H,26,29). The highest BCUT2D eigenvalue weighted by atomic mass is 16.6. The van der Waals surface area contributed by atoms with Gasteiger partial charge in [-0.2, -0.15) is 0 Å². The third kappa shape index (κ3) is 5.20. The van der Waals surface area contributed by atoms with Crippen LogP contribution in [0.25, 0.3) is 22.6 Å². The predicted molar refractivity (Wildman–Crippen MR) is 118 cm³/mol. The summed E-state index contributed by atoms with van der Waals surface area (Å²) in [6, 6.07) is 7.71. The van der Waals surface area contributed by atoms with Gasteiger partial charge in [0.25, 0.3) is 0 Å². The van der Waals surface area contributed by atoms with Gasteiger partial charge in [-0.15, -0.1) is 10.2 Å². The third-order valence-corrected chi connectivity index (χ3v) is 5.49. The molecule has 0 aliphatic heterocycles. The summed E-state index contributed by atoms with van der Waals surface area (Å²) in [4.78, 5) is 18.8. The van der Waals surface area contributed by atoms with Crippen LogP contribution in [0.1, 0.15) is 38.5 Å². The number of rotatable bonds is 5. The fourth-order valence-corrected chi connectivity index (χ4v) is 3.93. The van der Waals surface area contributed by atoms with Gasteiger partial charge in [0.05, 0.1) is 5.56 Å². The quantitative estimate of drug-likeness (QED) is 0.598. The molecule has 1 fully saturated rings. The second-order valence-electron chi connectivity index (χ2n) is 8.00. The van der Waals surface area contributed by atoms with Gasteiger partial charge in [0.15, 0.2) is 0 Å². The minimum Gasteiger partial charge on any atom is -0.423 e. The molecule has 162 valence electrons. The fraction of sp³-hybridized carbons (Fsp3) is 0.391. The lowest BCUT2D eigenvalue weighted by atomic mass is 10.0. The minimum absolute atomic E-state index is 0.186. The maximum absolute atomic E-state index is 12.5. The molecular weight excluding hydrogens is 394 g/mol. The van der Waals surface area contributed by atoms with Crippen molar-refractivity contribution in [2.24, 2.45) is 0 Å². The van der Waals surface area contributed by atoms with Crippen LogP contribution in [0.2, 0.25) is 0 Å². The number of amides is 1. The van der Waals surface area contributed by atoms with Crippen LogP contribution in [0.3, 0.4) is 0 Å². The zero-order valence-electron chi connectivity index (χ0n) is 17.9. The van der Waals surface area contributed by atoms with Crippen LogP contribution in [0.5, 0.6) is 5.75 Å². The highest BCUT2D eigenvalue weighted by Crippen LogP contribution is 2.34. The number of benzene rings is 1. The van der Waals surface area contributed by atoms with Gasteiger partial charge in [0.2, 0.25) is 12.3 Å². The van der Waals surface area contributed by atoms with Gasteiger partial charge < -0.3 is 19.4 Å². The highest BCUT2D eigenvalue weighted by molar-refractivity contribution is 5.82. The van der Waals surface area contributed by atoms with E-state index < -0.39 is 6.09 Å². The number of nitrogens with one attached hydrogen (secondary N) is 1. The molecule has 0 spiro atoms. The molecule has 1 aliphatic carbocycles. The topological polar surface area (TPSA) is 93.4 Å². The van der Waals surface area contributed by atoms with E-state index in [-0.39, 0.29) is 6.04 Å². The molecule has 31 heavy (non-hydrogen) atoms. The molecule has 1 saturated carbocycles. The van der Waals surface area contributed by atoms with E-state index in [1.165, 1.54) is 19.2 Å². The zero-order chi connectivity index (χ0) is 21.6. The van der Waals surface area contributed by atoms with Crippen LogP contribution in [-0.2, 0) is 0 Å². The first kappa shape index (κ1) is 20.8. The van der Waals surface area contributed by atoms with Crippen LogP contribution < -0.4 is 15.0 Å². The lowest BCUT2D eigenvalue weighted by molar-refractivity contribution is 0.194. The van der Waals surface area contributed by atoms with Gasteiger partial charge in [-0.1, -0.05) is 25.7 Å². The first-order valence-electron chi connectivity index (χ1n) is 10.6. The SMILES string of the molecule is CN(C)c1ccc(OC(=O)NC2CCCCCC2)cc1-c1cncc(-c2nnco2)c1. The summed E-state index contributed by atoms with van der Waals surface area (Å²) in [7, 11) is 3.93. The van der Waals surface area contributed by atoms with Crippen molar-refractivity contribution in [2.75, 3.05) is 19.0 Å². The Kier molecular flexibility index (Phi) is 6.45. The van der Waals surface area contributed by atoms with Gasteiger partial charge >= 0.3 is 6.09 Å². The molecule has 0 saturated heterocycles. The average molecular weight is 422 g/mol. The Labute approximate surface area is 181 Å². The molecule has 1 aliphatic rings. The molecule has 2 aromatic heterocycles. The van der Waals surface area contributed by atoms with Crippen LogP contribution >= 0.6 is 0 Å². The van der Waals surface area contributed by atoms with Gasteiger partial charge in [0.1, 0.15) is 5.75 Å². The van der Waals surface area contributed by atoms with Crippen molar-refractivity contribution in [1.82, 2.24) is 20.5 Å². The van der Waals surface area contributed by atoms with Crippen molar-refractivity contribution in [2.45, 2.75) is 44.6 Å². The highest BCUT2D eigenvalue weighted by Gasteiger charge is 2.17. The van der Waals surface area contributed by atoms with E-state index in [0.29, 0.717) is 11.6 Å². The summed E-state index contributed by atoms with van der Waals surface area (Å²) in [5.41, 5.74) is 3.44. The Morgan fingerprint density at radius 2 is 1.87 bits per heavy atom. The smallest absolute Gasteiger partial charge is 0.412 e. The number of hydrogen-bond donors (Lipinski definition) is 1. The van der Waals surface area contributed by atoms with E-state index in [9.17, 15) is 4.79 Å². The first-order chi connectivity index (χ1) is 15.1. The molecule has 0 radical (unpaired) electrons. The van der Waals surface area contributed by atoms with E-state index in [0.717, 1.165) is 48.1 Å². The number of anilines is 1. The molecule has 1 aromatic carbocycles. The van der Waals surface area contributed by atoms with Crippen LogP contribution in [0.4, 0.5) is 10.5 Å². The summed E-state index contributed by atoms with van der Waals surface area (Å²) in [5, 5.41) is 10.7.